The summed E-state index contributed by atoms with van der Waals surface area (Å²) in [6, 6.07) is 17.0. The van der Waals surface area contributed by atoms with E-state index < -0.39 is 22.7 Å². The number of nitrogens with zero attached hydrogens (tertiary/aromatic N) is 2. The number of amides is 1. The predicted octanol–water partition coefficient (Wildman–Crippen LogP) is 4.24. The Morgan fingerprint density at radius 1 is 0.938 bits per heavy atom. The van der Waals surface area contributed by atoms with Gasteiger partial charge >= 0.3 is 0 Å². The molecule has 8 nitrogen and oxygen atoms in total. The van der Waals surface area contributed by atoms with Gasteiger partial charge in [-0.25, -0.2) is 0 Å². The van der Waals surface area contributed by atoms with Crippen molar-refractivity contribution in [2.24, 2.45) is 0 Å². The first-order valence-corrected chi connectivity index (χ1v) is 9.69. The lowest BCUT2D eigenvalue weighted by Gasteiger charge is -2.25. The van der Waals surface area contributed by atoms with Crippen molar-refractivity contribution in [3.05, 3.63) is 105 Å². The molecule has 160 valence electrons. The third-order valence-corrected chi connectivity index (χ3v) is 5.32. The van der Waals surface area contributed by atoms with Crippen LogP contribution < -0.4 is 4.90 Å². The Kier molecular flexibility index (Phi) is 5.19. The minimum atomic E-state index is -1.01. The van der Waals surface area contributed by atoms with Gasteiger partial charge in [0.25, 0.3) is 17.4 Å². The third-order valence-electron chi connectivity index (χ3n) is 5.32. The summed E-state index contributed by atoms with van der Waals surface area (Å²) < 4.78 is 0. The summed E-state index contributed by atoms with van der Waals surface area (Å²) in [5.41, 5.74) is 1.80. The number of phenolic OH excluding ortho intramolecular Hbond substituents is 1. The number of aryl methyl sites for hydroxylation is 1. The number of phenols is 1. The second-order valence-corrected chi connectivity index (χ2v) is 7.40. The zero-order chi connectivity index (χ0) is 23.0. The molecule has 0 aromatic heterocycles. The predicted molar refractivity (Wildman–Crippen MR) is 117 cm³/mol. The molecule has 1 amide bonds. The first-order valence-electron chi connectivity index (χ1n) is 9.69. The van der Waals surface area contributed by atoms with Gasteiger partial charge in [-0.1, -0.05) is 29.8 Å². The highest BCUT2D eigenvalue weighted by Gasteiger charge is 2.47. The fourth-order valence-corrected chi connectivity index (χ4v) is 3.67. The first-order chi connectivity index (χ1) is 15.3. The molecular formula is C24H18N2O6. The number of aliphatic hydroxyl groups excluding tert-OH is 1. The van der Waals surface area contributed by atoms with Crippen molar-refractivity contribution < 1.29 is 24.7 Å². The van der Waals surface area contributed by atoms with Gasteiger partial charge < -0.3 is 10.2 Å². The normalized spacial score (nSPS) is 17.5. The molecule has 1 aliphatic rings. The summed E-state index contributed by atoms with van der Waals surface area (Å²) in [6.07, 6.45) is 0. The number of Topliss-reactive ketones (excluding diaryl/α,β-unsaturated/α-hetero) is 1. The summed E-state index contributed by atoms with van der Waals surface area (Å²) >= 11 is 0. The highest BCUT2D eigenvalue weighted by atomic mass is 16.6. The molecule has 0 spiro atoms. The van der Waals surface area contributed by atoms with E-state index in [0.29, 0.717) is 16.8 Å². The maximum atomic E-state index is 13.0. The van der Waals surface area contributed by atoms with E-state index in [9.17, 15) is 29.9 Å². The van der Waals surface area contributed by atoms with Crippen molar-refractivity contribution in [1.82, 2.24) is 0 Å². The number of carbonyl (C=O) groups excluding carboxylic acids is 2. The number of aromatic hydroxyl groups is 1. The first kappa shape index (κ1) is 20.8. The van der Waals surface area contributed by atoms with E-state index in [1.807, 2.05) is 6.92 Å². The fourth-order valence-electron chi connectivity index (χ4n) is 3.67. The quantitative estimate of drug-likeness (QED) is 0.210. The van der Waals surface area contributed by atoms with Crippen LogP contribution in [0.5, 0.6) is 5.75 Å². The highest BCUT2D eigenvalue weighted by molar-refractivity contribution is 6.51. The van der Waals surface area contributed by atoms with Crippen LogP contribution in [0.15, 0.2) is 78.4 Å². The zero-order valence-corrected chi connectivity index (χ0v) is 16.9. The van der Waals surface area contributed by atoms with Crippen LogP contribution in [0.1, 0.15) is 22.7 Å². The Bertz CT molecular complexity index is 1250. The number of carbonyl (C=O) groups is 2. The van der Waals surface area contributed by atoms with Crippen LogP contribution in [0.3, 0.4) is 0 Å². The molecular weight excluding hydrogens is 412 g/mol. The average Bonchev–Trinajstić information content (AvgIpc) is 3.05. The van der Waals surface area contributed by atoms with Crippen LogP contribution in [0.25, 0.3) is 5.76 Å². The number of non-ortho nitro benzene ring substituents is 1. The molecule has 1 atom stereocenters. The number of rotatable bonds is 4. The number of hydrogen-bond donors (Lipinski definition) is 2. The van der Waals surface area contributed by atoms with Crippen molar-refractivity contribution >= 4 is 28.8 Å². The Morgan fingerprint density at radius 2 is 1.53 bits per heavy atom. The molecule has 4 rings (SSSR count). The molecule has 0 radical (unpaired) electrons. The van der Waals surface area contributed by atoms with E-state index in [4.69, 9.17) is 0 Å². The molecule has 32 heavy (non-hydrogen) atoms. The summed E-state index contributed by atoms with van der Waals surface area (Å²) in [5.74, 6) is -2.09. The third kappa shape index (κ3) is 3.58. The van der Waals surface area contributed by atoms with Gasteiger partial charge in [0.15, 0.2) is 0 Å². The highest BCUT2D eigenvalue weighted by Crippen LogP contribution is 2.42. The molecule has 1 fully saturated rings. The van der Waals surface area contributed by atoms with Crippen molar-refractivity contribution in [3.8, 4) is 5.75 Å². The van der Waals surface area contributed by atoms with Gasteiger partial charge in [0, 0.05) is 23.4 Å². The minimum absolute atomic E-state index is 0.0168. The van der Waals surface area contributed by atoms with E-state index in [2.05, 4.69) is 0 Å². The molecule has 1 saturated heterocycles. The second-order valence-electron chi connectivity index (χ2n) is 7.40. The molecule has 0 aliphatic carbocycles. The zero-order valence-electron chi connectivity index (χ0n) is 16.9. The van der Waals surface area contributed by atoms with Gasteiger partial charge in [-0.15, -0.1) is 0 Å². The van der Waals surface area contributed by atoms with Crippen molar-refractivity contribution in [3.63, 3.8) is 0 Å². The number of nitro groups is 1. The molecule has 0 unspecified atom stereocenters. The largest absolute Gasteiger partial charge is 0.508 e. The van der Waals surface area contributed by atoms with E-state index in [1.54, 1.807) is 24.3 Å². The van der Waals surface area contributed by atoms with Crippen LogP contribution in [0, 0.1) is 17.0 Å². The Balaban J connectivity index is 1.92. The van der Waals surface area contributed by atoms with E-state index in [0.717, 1.165) is 5.56 Å². The number of aliphatic hydroxyl groups is 1. The van der Waals surface area contributed by atoms with Gasteiger partial charge in [0.1, 0.15) is 11.5 Å². The van der Waals surface area contributed by atoms with Gasteiger partial charge in [-0.05, 0) is 48.9 Å². The van der Waals surface area contributed by atoms with E-state index in [1.165, 1.54) is 53.4 Å². The van der Waals surface area contributed by atoms with Crippen LogP contribution in [0.2, 0.25) is 0 Å². The molecule has 0 saturated carbocycles. The molecule has 8 heteroatoms. The molecule has 1 aliphatic heterocycles. The standard InChI is InChI=1S/C24H18N2O6/c1-14-2-4-16(5-3-14)22(28)20-21(15-6-8-18(9-7-15)26(31)32)25(24(30)23(20)29)17-10-12-19(27)13-11-17/h2-13,21,27-28H,1H3/t21-/m1/s1. The van der Waals surface area contributed by atoms with Crippen molar-refractivity contribution in [2.75, 3.05) is 4.90 Å². The second kappa shape index (κ2) is 7.99. The lowest BCUT2D eigenvalue weighted by molar-refractivity contribution is -0.384. The maximum Gasteiger partial charge on any atom is 0.300 e. The Hall–Kier alpha value is -4.46. The summed E-state index contributed by atoms with van der Waals surface area (Å²) in [7, 11) is 0. The van der Waals surface area contributed by atoms with Crippen molar-refractivity contribution in [2.45, 2.75) is 13.0 Å². The van der Waals surface area contributed by atoms with E-state index in [-0.39, 0.29) is 22.8 Å². The molecule has 2 N–H and O–H groups in total. The maximum absolute atomic E-state index is 13.0. The van der Waals surface area contributed by atoms with Gasteiger partial charge in [-0.3, -0.25) is 24.6 Å². The van der Waals surface area contributed by atoms with Gasteiger partial charge in [0.05, 0.1) is 16.5 Å². The molecule has 3 aromatic rings. The van der Waals surface area contributed by atoms with E-state index >= 15 is 0 Å². The minimum Gasteiger partial charge on any atom is -0.508 e. The number of nitro benzene ring substituents is 1. The number of benzene rings is 3. The van der Waals surface area contributed by atoms with Crippen molar-refractivity contribution in [1.29, 1.82) is 0 Å². The monoisotopic (exact) mass is 430 g/mol. The van der Waals surface area contributed by atoms with Crippen LogP contribution in [0.4, 0.5) is 11.4 Å². The van der Waals surface area contributed by atoms with Gasteiger partial charge in [0.2, 0.25) is 0 Å². The fraction of sp³-hybridized carbons (Fsp3) is 0.0833. The Morgan fingerprint density at radius 3 is 2.09 bits per heavy atom. The number of anilines is 1. The van der Waals surface area contributed by atoms with Crippen LogP contribution in [-0.2, 0) is 9.59 Å². The van der Waals surface area contributed by atoms with Crippen LogP contribution >= 0.6 is 0 Å². The lowest BCUT2D eigenvalue weighted by atomic mass is 9.94. The average molecular weight is 430 g/mol. The smallest absolute Gasteiger partial charge is 0.300 e. The molecule has 3 aromatic carbocycles. The lowest BCUT2D eigenvalue weighted by Crippen LogP contribution is -2.29. The Labute approximate surface area is 182 Å². The number of ketones is 1. The molecule has 0 bridgehead atoms. The SMILES string of the molecule is Cc1ccc(C(O)=C2C(=O)C(=O)N(c3ccc(O)cc3)[C@@H]2c2ccc([N+](=O)[O-])cc2)cc1. The molecule has 1 heterocycles. The summed E-state index contributed by atoms with van der Waals surface area (Å²) in [6.45, 7) is 1.88. The summed E-state index contributed by atoms with van der Waals surface area (Å²) in [5, 5.41) is 31.7. The summed E-state index contributed by atoms with van der Waals surface area (Å²) in [4.78, 5) is 37.8. The van der Waals surface area contributed by atoms with Crippen LogP contribution in [-0.4, -0.2) is 26.8 Å². The van der Waals surface area contributed by atoms with Gasteiger partial charge in [-0.2, -0.15) is 0 Å². The topological polar surface area (TPSA) is 121 Å². The number of hydrogen-bond acceptors (Lipinski definition) is 6.